The zero-order chi connectivity index (χ0) is 7.98. The molecule has 0 aliphatic carbocycles. The Morgan fingerprint density at radius 2 is 2.40 bits per heavy atom. The molecule has 0 fully saturated rings. The number of hydrogen-bond acceptors (Lipinski definition) is 2. The average Bonchev–Trinajstić information content (AvgIpc) is 1.98. The van der Waals surface area contributed by atoms with Crippen molar-refractivity contribution in [1.82, 2.24) is 0 Å². The number of methoxy groups -OCH3 is 1. The Labute approximate surface area is 62.6 Å². The quantitative estimate of drug-likeness (QED) is 0.546. The molecule has 0 aromatic rings. The van der Waals surface area contributed by atoms with Crippen molar-refractivity contribution in [2.24, 2.45) is 4.99 Å². The summed E-state index contributed by atoms with van der Waals surface area (Å²) in [6, 6.07) is 0. The van der Waals surface area contributed by atoms with Gasteiger partial charge in [0, 0.05) is 19.9 Å². The normalized spacial score (nSPS) is 13.9. The van der Waals surface area contributed by atoms with Crippen LogP contribution in [0.4, 0.5) is 0 Å². The minimum Gasteiger partial charge on any atom is -0.377 e. The monoisotopic (exact) mass is 141 g/mol. The molecule has 0 spiro atoms. The molecule has 0 amide bonds. The highest BCUT2D eigenvalue weighted by Gasteiger charge is 1.99. The lowest BCUT2D eigenvalue weighted by atomic mass is 10.2. The minimum absolute atomic E-state index is 0.0790. The molecule has 58 valence electrons. The predicted octanol–water partition coefficient (Wildman–Crippen LogP) is 1.67. The van der Waals surface area contributed by atoms with E-state index >= 15 is 0 Å². The van der Waals surface area contributed by atoms with Gasteiger partial charge in [-0.2, -0.15) is 0 Å². The molecule has 0 saturated heterocycles. The van der Waals surface area contributed by atoms with Crippen LogP contribution in [0, 0.1) is 0 Å². The third-order valence-corrected chi connectivity index (χ3v) is 1.32. The molecule has 10 heavy (non-hydrogen) atoms. The van der Waals surface area contributed by atoms with Gasteiger partial charge in [0.2, 0.25) is 0 Å². The van der Waals surface area contributed by atoms with E-state index in [1.165, 1.54) is 0 Å². The van der Waals surface area contributed by atoms with Crippen molar-refractivity contribution < 1.29 is 4.74 Å². The van der Waals surface area contributed by atoms with Gasteiger partial charge in [0.05, 0.1) is 6.10 Å². The highest BCUT2D eigenvalue weighted by Crippen LogP contribution is 1.98. The van der Waals surface area contributed by atoms with E-state index in [9.17, 15) is 0 Å². The third-order valence-electron chi connectivity index (χ3n) is 1.32. The molecule has 0 rings (SSSR count). The second-order valence-electron chi connectivity index (χ2n) is 2.08. The Kier molecular flexibility index (Phi) is 4.85. The van der Waals surface area contributed by atoms with Gasteiger partial charge in [0.15, 0.2) is 0 Å². The molecular formula is C8H15NO. The van der Waals surface area contributed by atoms with Crippen LogP contribution in [0.3, 0.4) is 0 Å². The van der Waals surface area contributed by atoms with Crippen molar-refractivity contribution >= 4 is 6.21 Å². The first kappa shape index (κ1) is 9.37. The van der Waals surface area contributed by atoms with E-state index in [4.69, 9.17) is 4.74 Å². The maximum atomic E-state index is 5.02. The van der Waals surface area contributed by atoms with Crippen LogP contribution < -0.4 is 0 Å². The highest BCUT2D eigenvalue weighted by molar-refractivity contribution is 5.78. The smallest absolute Gasteiger partial charge is 0.0801 e. The Bertz CT molecular complexity index is 129. The van der Waals surface area contributed by atoms with Crippen molar-refractivity contribution in [3.63, 3.8) is 0 Å². The van der Waals surface area contributed by atoms with Crippen molar-refractivity contribution in [3.8, 4) is 0 Å². The molecule has 0 saturated carbocycles. The van der Waals surface area contributed by atoms with Gasteiger partial charge in [-0.1, -0.05) is 6.58 Å². The summed E-state index contributed by atoms with van der Waals surface area (Å²) in [6.07, 6.45) is 1.84. The van der Waals surface area contributed by atoms with Gasteiger partial charge >= 0.3 is 0 Å². The van der Waals surface area contributed by atoms with Gasteiger partial charge in [-0.3, -0.25) is 4.99 Å². The Hall–Kier alpha value is -0.630. The van der Waals surface area contributed by atoms with Gasteiger partial charge in [-0.05, 0) is 19.4 Å². The molecule has 0 aromatic carbocycles. The summed E-state index contributed by atoms with van der Waals surface area (Å²) < 4.78 is 5.02. The fourth-order valence-electron chi connectivity index (χ4n) is 0.465. The van der Waals surface area contributed by atoms with Crippen LogP contribution in [0.25, 0.3) is 0 Å². The summed E-state index contributed by atoms with van der Waals surface area (Å²) in [5.41, 5.74) is 0.921. The van der Waals surface area contributed by atoms with Crippen molar-refractivity contribution in [2.75, 3.05) is 13.7 Å². The summed E-state index contributed by atoms with van der Waals surface area (Å²) >= 11 is 0. The molecule has 0 radical (unpaired) electrons. The zero-order valence-corrected chi connectivity index (χ0v) is 6.92. The van der Waals surface area contributed by atoms with Gasteiger partial charge in [0.25, 0.3) is 0 Å². The maximum Gasteiger partial charge on any atom is 0.0801 e. The molecule has 1 unspecified atom stereocenters. The Morgan fingerprint density at radius 1 is 1.80 bits per heavy atom. The fraction of sp³-hybridized carbons (Fsp3) is 0.625. The van der Waals surface area contributed by atoms with Crippen LogP contribution in [0.15, 0.2) is 17.1 Å². The fourth-order valence-corrected chi connectivity index (χ4v) is 0.465. The summed E-state index contributed by atoms with van der Waals surface area (Å²) in [7, 11) is 1.66. The molecule has 2 heteroatoms. The zero-order valence-electron chi connectivity index (χ0n) is 6.92. The van der Waals surface area contributed by atoms with Crippen LogP contribution in [0.2, 0.25) is 0 Å². The number of aliphatic imine (C=N–C) groups is 1. The van der Waals surface area contributed by atoms with E-state index in [1.807, 2.05) is 13.8 Å². The standard InChI is InChI=1S/C8H15NO/c1-5-9-6-7(2)8(3)10-4/h6,8H,2,5H2,1,3-4H3. The molecule has 0 N–H and O–H groups in total. The average molecular weight is 141 g/mol. The minimum atomic E-state index is 0.0790. The molecule has 2 nitrogen and oxygen atoms in total. The Morgan fingerprint density at radius 3 is 2.80 bits per heavy atom. The number of hydrogen-bond donors (Lipinski definition) is 0. The second kappa shape index (κ2) is 5.18. The third kappa shape index (κ3) is 3.41. The molecule has 0 aliphatic heterocycles. The van der Waals surface area contributed by atoms with E-state index in [2.05, 4.69) is 11.6 Å². The summed E-state index contributed by atoms with van der Waals surface area (Å²) in [4.78, 5) is 4.04. The van der Waals surface area contributed by atoms with Crippen LogP contribution >= 0.6 is 0 Å². The summed E-state index contributed by atoms with van der Waals surface area (Å²) in [5.74, 6) is 0. The van der Waals surface area contributed by atoms with E-state index in [-0.39, 0.29) is 6.10 Å². The molecular weight excluding hydrogens is 126 g/mol. The highest BCUT2D eigenvalue weighted by atomic mass is 16.5. The van der Waals surface area contributed by atoms with Gasteiger partial charge in [0.1, 0.15) is 0 Å². The number of rotatable bonds is 4. The van der Waals surface area contributed by atoms with Crippen LogP contribution in [0.5, 0.6) is 0 Å². The SMILES string of the molecule is C=C(C=NCC)C(C)OC. The lowest BCUT2D eigenvalue weighted by molar-refractivity contribution is 0.152. The van der Waals surface area contributed by atoms with E-state index in [0.717, 1.165) is 12.1 Å². The number of nitrogens with zero attached hydrogens (tertiary/aromatic N) is 1. The molecule has 0 bridgehead atoms. The first-order valence-corrected chi connectivity index (χ1v) is 3.43. The lowest BCUT2D eigenvalue weighted by Crippen LogP contribution is -2.08. The largest absolute Gasteiger partial charge is 0.377 e. The van der Waals surface area contributed by atoms with E-state index in [1.54, 1.807) is 13.3 Å². The van der Waals surface area contributed by atoms with Crippen LogP contribution in [-0.4, -0.2) is 26.0 Å². The van der Waals surface area contributed by atoms with Gasteiger partial charge < -0.3 is 4.74 Å². The van der Waals surface area contributed by atoms with Crippen molar-refractivity contribution in [3.05, 3.63) is 12.2 Å². The summed E-state index contributed by atoms with van der Waals surface area (Å²) in [6.45, 7) is 8.53. The van der Waals surface area contributed by atoms with Gasteiger partial charge in [-0.25, -0.2) is 0 Å². The predicted molar refractivity (Wildman–Crippen MR) is 44.6 cm³/mol. The maximum absolute atomic E-state index is 5.02. The molecule has 0 heterocycles. The molecule has 1 atom stereocenters. The molecule has 0 aliphatic rings. The second-order valence-corrected chi connectivity index (χ2v) is 2.08. The lowest BCUT2D eigenvalue weighted by Gasteiger charge is -2.07. The van der Waals surface area contributed by atoms with Crippen molar-refractivity contribution in [2.45, 2.75) is 20.0 Å². The van der Waals surface area contributed by atoms with E-state index in [0.29, 0.717) is 0 Å². The summed E-state index contributed by atoms with van der Waals surface area (Å²) in [5, 5.41) is 0. The number of ether oxygens (including phenoxy) is 1. The topological polar surface area (TPSA) is 21.6 Å². The van der Waals surface area contributed by atoms with Crippen LogP contribution in [-0.2, 0) is 4.74 Å². The van der Waals surface area contributed by atoms with Crippen LogP contribution in [0.1, 0.15) is 13.8 Å². The van der Waals surface area contributed by atoms with Crippen molar-refractivity contribution in [1.29, 1.82) is 0 Å². The molecule has 0 aromatic heterocycles. The Balaban J connectivity index is 3.72. The van der Waals surface area contributed by atoms with E-state index < -0.39 is 0 Å². The first-order valence-electron chi connectivity index (χ1n) is 3.43. The first-order chi connectivity index (χ1) is 4.72. The van der Waals surface area contributed by atoms with Gasteiger partial charge in [-0.15, -0.1) is 0 Å².